The van der Waals surface area contributed by atoms with E-state index in [-0.39, 0.29) is 23.5 Å². The lowest BCUT2D eigenvalue weighted by atomic mass is 9.56. The molecule has 0 unspecified atom stereocenters. The number of nitrogens with zero attached hydrogens (tertiary/aromatic N) is 2. The molecule has 4 aliphatic rings. The van der Waals surface area contributed by atoms with Crippen LogP contribution < -0.4 is 4.90 Å². The molecule has 118 valence electrons. The molecule has 2 aromatic rings. The molecule has 5 heteroatoms. The molecule has 2 heterocycles. The van der Waals surface area contributed by atoms with Crippen LogP contribution in [0.4, 0.5) is 5.82 Å². The van der Waals surface area contributed by atoms with Crippen molar-refractivity contribution in [3.63, 3.8) is 0 Å². The summed E-state index contributed by atoms with van der Waals surface area (Å²) in [4.78, 5) is 43.9. The zero-order valence-electron chi connectivity index (χ0n) is 12.8. The Labute approximate surface area is 138 Å². The summed E-state index contributed by atoms with van der Waals surface area (Å²) in [6, 6.07) is 12.9. The Morgan fingerprint density at radius 2 is 1.58 bits per heavy atom. The molecule has 2 amide bonds. The number of amides is 2. The van der Waals surface area contributed by atoms with Crippen LogP contribution in [0.3, 0.4) is 0 Å². The van der Waals surface area contributed by atoms with E-state index in [9.17, 15) is 14.4 Å². The van der Waals surface area contributed by atoms with Crippen molar-refractivity contribution in [1.29, 1.82) is 0 Å². The highest BCUT2D eigenvalue weighted by Crippen LogP contribution is 2.57. The zero-order chi connectivity index (χ0) is 16.4. The molecule has 3 aliphatic carbocycles. The van der Waals surface area contributed by atoms with E-state index in [1.165, 1.54) is 4.90 Å². The number of anilines is 1. The Balaban J connectivity index is 1.68. The lowest BCUT2D eigenvalue weighted by Gasteiger charge is -2.43. The molecule has 1 aliphatic heterocycles. The number of benzene rings is 1. The van der Waals surface area contributed by atoms with Gasteiger partial charge in [-0.2, -0.15) is 0 Å². The van der Waals surface area contributed by atoms with Crippen LogP contribution in [0.5, 0.6) is 0 Å². The predicted octanol–water partition coefficient (Wildman–Crippen LogP) is 2.04. The highest BCUT2D eigenvalue weighted by Gasteiger charge is 2.62. The van der Waals surface area contributed by atoms with Crippen molar-refractivity contribution >= 4 is 23.4 Å². The van der Waals surface area contributed by atoms with Crippen molar-refractivity contribution in [2.45, 2.75) is 18.3 Å². The number of pyridine rings is 1. The standard InChI is InChI=1S/C19H14N2O3/c22-13-9-12-10-5-1-2-6-11(10)15(13)17-16(12)18(23)21(19(17)24)14-7-3-4-8-20-14/h1-8,12,15-17H,9H2/t12-,15+,16-,17+/m0/s1. The summed E-state index contributed by atoms with van der Waals surface area (Å²) in [5.74, 6) is -1.82. The van der Waals surface area contributed by atoms with Gasteiger partial charge in [0.25, 0.3) is 0 Å². The monoisotopic (exact) mass is 318 g/mol. The average Bonchev–Trinajstić information content (AvgIpc) is 2.88. The van der Waals surface area contributed by atoms with Crippen LogP contribution in [0.2, 0.25) is 0 Å². The van der Waals surface area contributed by atoms with Gasteiger partial charge in [0, 0.05) is 18.5 Å². The molecule has 4 atom stereocenters. The van der Waals surface area contributed by atoms with Gasteiger partial charge in [-0.25, -0.2) is 9.88 Å². The second kappa shape index (κ2) is 4.60. The maximum atomic E-state index is 13.0. The fourth-order valence-electron chi connectivity index (χ4n) is 4.67. The fourth-order valence-corrected chi connectivity index (χ4v) is 4.67. The molecule has 1 aromatic carbocycles. The first-order valence-corrected chi connectivity index (χ1v) is 8.09. The molecule has 1 saturated heterocycles. The minimum Gasteiger partial charge on any atom is -0.299 e. The van der Waals surface area contributed by atoms with E-state index in [0.29, 0.717) is 12.2 Å². The van der Waals surface area contributed by atoms with Gasteiger partial charge < -0.3 is 0 Å². The SMILES string of the molecule is O=C1C[C@H]2c3ccccc3[C@H]1[C@H]1C(=O)N(c3ccccn3)C(=O)[C@H]12. The van der Waals surface area contributed by atoms with E-state index in [0.717, 1.165) is 11.1 Å². The number of Topliss-reactive ketones (excluding diaryl/α,β-unsaturated/α-hetero) is 1. The number of hydrogen-bond acceptors (Lipinski definition) is 4. The van der Waals surface area contributed by atoms with Crippen molar-refractivity contribution < 1.29 is 14.4 Å². The molecule has 1 aromatic heterocycles. The second-order valence-corrected chi connectivity index (χ2v) is 6.63. The van der Waals surface area contributed by atoms with E-state index in [1.807, 2.05) is 24.3 Å². The first-order chi connectivity index (χ1) is 11.7. The molecule has 5 nitrogen and oxygen atoms in total. The summed E-state index contributed by atoms with van der Waals surface area (Å²) in [5.41, 5.74) is 1.97. The largest absolute Gasteiger partial charge is 0.299 e. The van der Waals surface area contributed by atoms with E-state index >= 15 is 0 Å². The highest BCUT2D eigenvalue weighted by atomic mass is 16.2. The summed E-state index contributed by atoms with van der Waals surface area (Å²) in [6.07, 6.45) is 1.91. The molecule has 0 radical (unpaired) electrons. The van der Waals surface area contributed by atoms with Crippen molar-refractivity contribution in [1.82, 2.24) is 4.98 Å². The van der Waals surface area contributed by atoms with Gasteiger partial charge in [0.15, 0.2) is 0 Å². The third kappa shape index (κ3) is 1.54. The number of rotatable bonds is 1. The number of fused-ring (bicyclic) bond motifs is 1. The van der Waals surface area contributed by atoms with Gasteiger partial charge in [-0.05, 0) is 23.3 Å². The summed E-state index contributed by atoms with van der Waals surface area (Å²) >= 11 is 0. The minimum absolute atomic E-state index is 0.0731. The third-order valence-electron chi connectivity index (χ3n) is 5.57. The molecule has 2 fully saturated rings. The van der Waals surface area contributed by atoms with Gasteiger partial charge in [0.1, 0.15) is 11.6 Å². The lowest BCUT2D eigenvalue weighted by molar-refractivity contribution is -0.134. The summed E-state index contributed by atoms with van der Waals surface area (Å²) < 4.78 is 0. The Bertz CT molecular complexity index is 892. The highest BCUT2D eigenvalue weighted by molar-refractivity contribution is 6.24. The number of aromatic nitrogens is 1. The van der Waals surface area contributed by atoms with Gasteiger partial charge >= 0.3 is 0 Å². The van der Waals surface area contributed by atoms with E-state index in [1.54, 1.807) is 24.4 Å². The van der Waals surface area contributed by atoms with Gasteiger partial charge in [-0.3, -0.25) is 14.4 Å². The van der Waals surface area contributed by atoms with Crippen LogP contribution in [-0.4, -0.2) is 22.6 Å². The average molecular weight is 318 g/mol. The Morgan fingerprint density at radius 3 is 2.33 bits per heavy atom. The lowest BCUT2D eigenvalue weighted by Crippen LogP contribution is -2.44. The van der Waals surface area contributed by atoms with Gasteiger partial charge in [0.05, 0.1) is 17.8 Å². The summed E-state index contributed by atoms with van der Waals surface area (Å²) in [7, 11) is 0. The fraction of sp³-hybridized carbons (Fsp3) is 0.263. The molecule has 1 saturated carbocycles. The van der Waals surface area contributed by atoms with Crippen molar-refractivity contribution in [3.05, 3.63) is 59.8 Å². The Kier molecular flexibility index (Phi) is 2.61. The third-order valence-corrected chi connectivity index (χ3v) is 5.57. The predicted molar refractivity (Wildman–Crippen MR) is 85.3 cm³/mol. The van der Waals surface area contributed by atoms with Crippen LogP contribution in [0, 0.1) is 11.8 Å². The van der Waals surface area contributed by atoms with Gasteiger partial charge in [-0.15, -0.1) is 0 Å². The molecule has 6 rings (SSSR count). The Morgan fingerprint density at radius 1 is 0.875 bits per heavy atom. The molecule has 2 bridgehead atoms. The number of hydrogen-bond donors (Lipinski definition) is 0. The first-order valence-electron chi connectivity index (χ1n) is 8.09. The van der Waals surface area contributed by atoms with Crippen LogP contribution in [-0.2, 0) is 14.4 Å². The van der Waals surface area contributed by atoms with E-state index in [2.05, 4.69) is 4.98 Å². The molecular formula is C19H14N2O3. The number of carbonyl (C=O) groups is 3. The van der Waals surface area contributed by atoms with Crippen molar-refractivity contribution in [3.8, 4) is 0 Å². The summed E-state index contributed by atoms with van der Waals surface area (Å²) in [6.45, 7) is 0. The van der Waals surface area contributed by atoms with Gasteiger partial charge in [0.2, 0.25) is 11.8 Å². The van der Waals surface area contributed by atoms with Crippen LogP contribution in [0.15, 0.2) is 48.7 Å². The number of carbonyl (C=O) groups excluding carboxylic acids is 3. The topological polar surface area (TPSA) is 67.3 Å². The quantitative estimate of drug-likeness (QED) is 0.755. The van der Waals surface area contributed by atoms with Crippen LogP contribution in [0.25, 0.3) is 0 Å². The molecule has 24 heavy (non-hydrogen) atoms. The maximum absolute atomic E-state index is 13.0. The van der Waals surface area contributed by atoms with Crippen LogP contribution >= 0.6 is 0 Å². The van der Waals surface area contributed by atoms with Crippen molar-refractivity contribution in [2.75, 3.05) is 4.90 Å². The zero-order valence-corrected chi connectivity index (χ0v) is 12.8. The molecule has 0 N–H and O–H groups in total. The van der Waals surface area contributed by atoms with Crippen molar-refractivity contribution in [2.24, 2.45) is 11.8 Å². The van der Waals surface area contributed by atoms with E-state index < -0.39 is 17.8 Å². The molecule has 0 spiro atoms. The second-order valence-electron chi connectivity index (χ2n) is 6.63. The smallest absolute Gasteiger partial charge is 0.240 e. The maximum Gasteiger partial charge on any atom is 0.240 e. The van der Waals surface area contributed by atoms with Gasteiger partial charge in [-0.1, -0.05) is 30.3 Å². The van der Waals surface area contributed by atoms with Crippen LogP contribution in [0.1, 0.15) is 29.4 Å². The number of imide groups is 1. The van der Waals surface area contributed by atoms with E-state index in [4.69, 9.17) is 0 Å². The molecular weight excluding hydrogens is 304 g/mol. The minimum atomic E-state index is -0.583. The normalized spacial score (nSPS) is 30.5. The first kappa shape index (κ1) is 13.6. The summed E-state index contributed by atoms with van der Waals surface area (Å²) in [5, 5.41) is 0. The Hall–Kier alpha value is -2.82. The number of ketones is 1.